The number of thioether (sulfide) groups is 1. The Bertz CT molecular complexity index is 212. The van der Waals surface area contributed by atoms with Crippen LogP contribution in [0.1, 0.15) is 0 Å². The van der Waals surface area contributed by atoms with Crippen LogP contribution < -0.4 is 11.1 Å². The molecule has 1 heterocycles. The Hall–Kier alpha value is -0.330. The van der Waals surface area contributed by atoms with Gasteiger partial charge in [0.1, 0.15) is 0 Å². The van der Waals surface area contributed by atoms with Crippen LogP contribution in [0.4, 0.5) is 5.13 Å². The molecule has 3 N–H and O–H groups in total. The van der Waals surface area contributed by atoms with Gasteiger partial charge in [-0.1, -0.05) is 23.1 Å². The average molecular weight is 190 g/mol. The van der Waals surface area contributed by atoms with Crippen LogP contribution in [0.5, 0.6) is 0 Å². The predicted octanol–water partition coefficient (Wildman–Crippen LogP) is 0.432. The number of aromatic nitrogens is 2. The predicted molar refractivity (Wildman–Crippen MR) is 49.0 cm³/mol. The Morgan fingerprint density at radius 1 is 1.64 bits per heavy atom. The molecule has 1 rings (SSSR count). The highest BCUT2D eigenvalue weighted by Crippen LogP contribution is 2.22. The van der Waals surface area contributed by atoms with Crippen molar-refractivity contribution in [3.05, 3.63) is 0 Å². The van der Waals surface area contributed by atoms with E-state index in [0.29, 0.717) is 5.13 Å². The van der Waals surface area contributed by atoms with Gasteiger partial charge in [-0.25, -0.2) is 0 Å². The van der Waals surface area contributed by atoms with Crippen molar-refractivity contribution in [2.45, 2.75) is 4.34 Å². The maximum absolute atomic E-state index is 5.40. The molecular weight excluding hydrogens is 180 g/mol. The Balaban J connectivity index is 2.27. The van der Waals surface area contributed by atoms with E-state index in [0.717, 1.165) is 16.6 Å². The Morgan fingerprint density at radius 2 is 2.45 bits per heavy atom. The summed E-state index contributed by atoms with van der Waals surface area (Å²) in [7, 11) is 1.93. The van der Waals surface area contributed by atoms with Crippen molar-refractivity contribution in [2.75, 3.05) is 25.1 Å². The molecule has 0 saturated carbocycles. The molecular formula is C5H10N4S2. The van der Waals surface area contributed by atoms with Crippen LogP contribution in [0.25, 0.3) is 0 Å². The van der Waals surface area contributed by atoms with E-state index in [2.05, 4.69) is 15.5 Å². The summed E-state index contributed by atoms with van der Waals surface area (Å²) in [6, 6.07) is 0. The maximum Gasteiger partial charge on any atom is 0.203 e. The third-order valence-corrected chi connectivity index (χ3v) is 2.89. The van der Waals surface area contributed by atoms with Crippen molar-refractivity contribution in [3.63, 3.8) is 0 Å². The Labute approximate surface area is 73.6 Å². The third kappa shape index (κ3) is 3.04. The van der Waals surface area contributed by atoms with Gasteiger partial charge in [-0.2, -0.15) is 0 Å². The molecule has 0 bridgehead atoms. The summed E-state index contributed by atoms with van der Waals surface area (Å²) in [6.45, 7) is 0.976. The van der Waals surface area contributed by atoms with Gasteiger partial charge in [0.05, 0.1) is 0 Å². The highest BCUT2D eigenvalue weighted by Gasteiger charge is 1.99. The number of nitrogens with one attached hydrogen (secondary N) is 1. The number of nitrogens with zero attached hydrogens (tertiary/aromatic N) is 2. The summed E-state index contributed by atoms with van der Waals surface area (Å²) in [5.74, 6) is 1.01. The molecule has 6 heteroatoms. The van der Waals surface area contributed by atoms with Crippen LogP contribution in [-0.2, 0) is 0 Å². The van der Waals surface area contributed by atoms with E-state index >= 15 is 0 Å². The molecule has 0 aromatic carbocycles. The van der Waals surface area contributed by atoms with Crippen LogP contribution in [-0.4, -0.2) is 29.5 Å². The minimum atomic E-state index is 0.539. The first-order chi connectivity index (χ1) is 5.33. The van der Waals surface area contributed by atoms with Crippen LogP contribution in [0, 0.1) is 0 Å². The van der Waals surface area contributed by atoms with Gasteiger partial charge in [0, 0.05) is 12.3 Å². The number of hydrogen-bond donors (Lipinski definition) is 2. The second-order valence-electron chi connectivity index (χ2n) is 1.86. The van der Waals surface area contributed by atoms with Gasteiger partial charge in [0.15, 0.2) is 4.34 Å². The van der Waals surface area contributed by atoms with E-state index < -0.39 is 0 Å². The van der Waals surface area contributed by atoms with E-state index in [1.165, 1.54) is 11.3 Å². The second-order valence-corrected chi connectivity index (χ2v) is 4.21. The zero-order valence-corrected chi connectivity index (χ0v) is 7.84. The van der Waals surface area contributed by atoms with Crippen molar-refractivity contribution >= 4 is 28.2 Å². The molecule has 0 saturated heterocycles. The quantitative estimate of drug-likeness (QED) is 0.532. The number of nitrogen functional groups attached to an aromatic ring is 1. The zero-order chi connectivity index (χ0) is 8.10. The molecule has 0 radical (unpaired) electrons. The lowest BCUT2D eigenvalue weighted by molar-refractivity contribution is 0.870. The van der Waals surface area contributed by atoms with Crippen LogP contribution in [0.15, 0.2) is 4.34 Å². The fraction of sp³-hybridized carbons (Fsp3) is 0.600. The van der Waals surface area contributed by atoms with Gasteiger partial charge >= 0.3 is 0 Å². The summed E-state index contributed by atoms with van der Waals surface area (Å²) < 4.78 is 0.942. The molecule has 0 fully saturated rings. The molecule has 1 aromatic rings. The summed E-state index contributed by atoms with van der Waals surface area (Å²) in [6.07, 6.45) is 0. The van der Waals surface area contributed by atoms with Crippen LogP contribution in [0.2, 0.25) is 0 Å². The van der Waals surface area contributed by atoms with Gasteiger partial charge in [-0.15, -0.1) is 10.2 Å². The van der Waals surface area contributed by atoms with Gasteiger partial charge in [-0.3, -0.25) is 0 Å². The minimum Gasteiger partial charge on any atom is -0.374 e. The summed E-state index contributed by atoms with van der Waals surface area (Å²) in [5, 5.41) is 11.2. The number of rotatable bonds is 4. The molecule has 0 spiro atoms. The van der Waals surface area contributed by atoms with Gasteiger partial charge in [0.25, 0.3) is 0 Å². The SMILES string of the molecule is CNCCSc1nnc(N)s1. The first-order valence-electron chi connectivity index (χ1n) is 3.19. The van der Waals surface area contributed by atoms with E-state index in [1.807, 2.05) is 7.05 Å². The molecule has 1 aromatic heterocycles. The maximum atomic E-state index is 5.40. The molecule has 0 aliphatic rings. The smallest absolute Gasteiger partial charge is 0.203 e. The lowest BCUT2D eigenvalue weighted by Crippen LogP contribution is -2.09. The Kier molecular flexibility index (Phi) is 3.61. The molecule has 0 amide bonds. The molecule has 0 unspecified atom stereocenters. The minimum absolute atomic E-state index is 0.539. The molecule has 62 valence electrons. The van der Waals surface area contributed by atoms with Crippen molar-refractivity contribution in [3.8, 4) is 0 Å². The second kappa shape index (κ2) is 4.53. The van der Waals surface area contributed by atoms with Crippen LogP contribution in [0.3, 0.4) is 0 Å². The summed E-state index contributed by atoms with van der Waals surface area (Å²) in [4.78, 5) is 0. The lowest BCUT2D eigenvalue weighted by Gasteiger charge is -1.93. The van der Waals surface area contributed by atoms with Crippen LogP contribution >= 0.6 is 23.1 Å². The van der Waals surface area contributed by atoms with Gasteiger partial charge in [0.2, 0.25) is 5.13 Å². The molecule has 4 nitrogen and oxygen atoms in total. The summed E-state index contributed by atoms with van der Waals surface area (Å²) in [5.41, 5.74) is 5.40. The topological polar surface area (TPSA) is 63.8 Å². The zero-order valence-electron chi connectivity index (χ0n) is 6.20. The molecule has 0 atom stereocenters. The van der Waals surface area contributed by atoms with Crippen molar-refractivity contribution in [1.82, 2.24) is 15.5 Å². The monoisotopic (exact) mass is 190 g/mol. The first-order valence-corrected chi connectivity index (χ1v) is 4.99. The Morgan fingerprint density at radius 3 is 3.00 bits per heavy atom. The molecule has 0 aliphatic carbocycles. The molecule has 11 heavy (non-hydrogen) atoms. The van der Waals surface area contributed by atoms with Crippen molar-refractivity contribution in [1.29, 1.82) is 0 Å². The van der Waals surface area contributed by atoms with Crippen molar-refractivity contribution in [2.24, 2.45) is 0 Å². The normalized spacial score (nSPS) is 10.3. The van der Waals surface area contributed by atoms with E-state index in [1.54, 1.807) is 11.8 Å². The summed E-state index contributed by atoms with van der Waals surface area (Å²) >= 11 is 3.10. The highest BCUT2D eigenvalue weighted by atomic mass is 32.2. The average Bonchev–Trinajstić information content (AvgIpc) is 2.37. The van der Waals surface area contributed by atoms with Gasteiger partial charge in [-0.05, 0) is 7.05 Å². The van der Waals surface area contributed by atoms with Gasteiger partial charge < -0.3 is 11.1 Å². The lowest BCUT2D eigenvalue weighted by atomic mass is 10.8. The number of anilines is 1. The van der Waals surface area contributed by atoms with E-state index in [9.17, 15) is 0 Å². The highest BCUT2D eigenvalue weighted by molar-refractivity contribution is 8.01. The largest absolute Gasteiger partial charge is 0.374 e. The standard InChI is InChI=1S/C5H10N4S2/c1-7-2-3-10-5-9-8-4(6)11-5/h7H,2-3H2,1H3,(H2,6,8). The van der Waals surface area contributed by atoms with E-state index in [-0.39, 0.29) is 0 Å². The first kappa shape index (κ1) is 8.76. The number of nitrogens with two attached hydrogens (primary N) is 1. The third-order valence-electron chi connectivity index (χ3n) is 1.000. The fourth-order valence-corrected chi connectivity index (χ4v) is 2.18. The number of hydrogen-bond acceptors (Lipinski definition) is 6. The molecule has 0 aliphatic heterocycles. The fourth-order valence-electron chi connectivity index (χ4n) is 0.519. The van der Waals surface area contributed by atoms with Crippen molar-refractivity contribution < 1.29 is 0 Å². The van der Waals surface area contributed by atoms with E-state index in [4.69, 9.17) is 5.73 Å².